The van der Waals surface area contributed by atoms with Crippen LogP contribution in [0.15, 0.2) is 24.3 Å². The van der Waals surface area contributed by atoms with Gasteiger partial charge < -0.3 is 11.1 Å². The number of amides is 1. The Labute approximate surface area is 113 Å². The van der Waals surface area contributed by atoms with Crippen molar-refractivity contribution in [2.75, 3.05) is 16.8 Å². The molecule has 1 aliphatic rings. The third-order valence-electron chi connectivity index (χ3n) is 3.17. The second-order valence-corrected chi connectivity index (χ2v) is 6.03. The topological polar surface area (TPSA) is 55.1 Å². The zero-order chi connectivity index (χ0) is 12.8. The highest BCUT2D eigenvalue weighted by molar-refractivity contribution is 8.00. The van der Waals surface area contributed by atoms with E-state index in [0.29, 0.717) is 16.7 Å². The van der Waals surface area contributed by atoms with Crippen LogP contribution in [0.5, 0.6) is 0 Å². The highest BCUT2D eigenvalue weighted by Crippen LogP contribution is 2.28. The van der Waals surface area contributed by atoms with Gasteiger partial charge in [0.1, 0.15) is 0 Å². The Bertz CT molecular complexity index is 403. The van der Waals surface area contributed by atoms with Crippen molar-refractivity contribution in [3.63, 3.8) is 0 Å². The first-order valence-corrected chi connectivity index (χ1v) is 7.56. The molecule has 2 rings (SSSR count). The fraction of sp³-hybridized carbons (Fsp3) is 0.500. The lowest BCUT2D eigenvalue weighted by Crippen LogP contribution is -2.17. The minimum absolute atomic E-state index is 0.0659. The van der Waals surface area contributed by atoms with E-state index in [9.17, 15) is 4.79 Å². The maximum absolute atomic E-state index is 11.8. The molecule has 3 N–H and O–H groups in total. The first-order chi connectivity index (χ1) is 8.74. The second kappa shape index (κ2) is 6.69. The lowest BCUT2D eigenvalue weighted by molar-refractivity contribution is -0.113. The van der Waals surface area contributed by atoms with Crippen LogP contribution in [0.4, 0.5) is 11.4 Å². The van der Waals surface area contributed by atoms with E-state index >= 15 is 0 Å². The van der Waals surface area contributed by atoms with Gasteiger partial charge in [-0.25, -0.2) is 0 Å². The van der Waals surface area contributed by atoms with Crippen LogP contribution in [0.3, 0.4) is 0 Å². The van der Waals surface area contributed by atoms with Crippen LogP contribution >= 0.6 is 11.8 Å². The van der Waals surface area contributed by atoms with Crippen molar-refractivity contribution in [2.24, 2.45) is 0 Å². The molecule has 1 saturated carbocycles. The van der Waals surface area contributed by atoms with Gasteiger partial charge in [-0.15, -0.1) is 11.8 Å². The summed E-state index contributed by atoms with van der Waals surface area (Å²) in [5.74, 6) is 0.607. The molecule has 0 saturated heterocycles. The van der Waals surface area contributed by atoms with Gasteiger partial charge in [-0.05, 0) is 31.0 Å². The van der Waals surface area contributed by atoms with Crippen LogP contribution in [0.2, 0.25) is 0 Å². The van der Waals surface area contributed by atoms with E-state index in [1.807, 2.05) is 18.2 Å². The summed E-state index contributed by atoms with van der Waals surface area (Å²) in [4.78, 5) is 11.8. The normalized spacial score (nSPS) is 16.4. The first-order valence-electron chi connectivity index (χ1n) is 6.51. The van der Waals surface area contributed by atoms with Crippen molar-refractivity contribution in [3.8, 4) is 0 Å². The summed E-state index contributed by atoms with van der Waals surface area (Å²) in [6.45, 7) is 0. The molecule has 3 nitrogen and oxygen atoms in total. The predicted octanol–water partition coefficient (Wildman–Crippen LogP) is 3.27. The van der Waals surface area contributed by atoms with Gasteiger partial charge in [-0.2, -0.15) is 0 Å². The second-order valence-electron chi connectivity index (χ2n) is 4.74. The Morgan fingerprint density at radius 3 is 2.83 bits per heavy atom. The molecule has 1 fully saturated rings. The van der Waals surface area contributed by atoms with Crippen molar-refractivity contribution in [3.05, 3.63) is 24.3 Å². The molecule has 0 radical (unpaired) electrons. The summed E-state index contributed by atoms with van der Waals surface area (Å²) in [6, 6.07) is 7.30. The number of carbonyl (C=O) groups is 1. The van der Waals surface area contributed by atoms with Crippen LogP contribution in [-0.4, -0.2) is 16.9 Å². The first kappa shape index (κ1) is 13.3. The highest BCUT2D eigenvalue weighted by Gasteiger charge is 2.15. The Hall–Kier alpha value is -1.16. The van der Waals surface area contributed by atoms with Gasteiger partial charge in [0.05, 0.1) is 5.75 Å². The van der Waals surface area contributed by atoms with Crippen LogP contribution in [0.25, 0.3) is 0 Å². The average Bonchev–Trinajstić information content (AvgIpc) is 2.38. The lowest BCUT2D eigenvalue weighted by atomic mass is 10.0. The largest absolute Gasteiger partial charge is 0.399 e. The Morgan fingerprint density at radius 2 is 2.11 bits per heavy atom. The van der Waals surface area contributed by atoms with E-state index in [4.69, 9.17) is 5.73 Å². The van der Waals surface area contributed by atoms with Crippen LogP contribution in [-0.2, 0) is 4.79 Å². The van der Waals surface area contributed by atoms with E-state index in [2.05, 4.69) is 5.32 Å². The van der Waals surface area contributed by atoms with E-state index < -0.39 is 0 Å². The van der Waals surface area contributed by atoms with Gasteiger partial charge in [0.15, 0.2) is 0 Å². The molecule has 1 aromatic rings. The number of hydrogen-bond acceptors (Lipinski definition) is 3. The Kier molecular flexibility index (Phi) is 4.93. The number of hydrogen-bond donors (Lipinski definition) is 2. The molecular weight excluding hydrogens is 244 g/mol. The third-order valence-corrected chi connectivity index (χ3v) is 4.54. The van der Waals surface area contributed by atoms with E-state index in [1.165, 1.54) is 32.1 Å². The van der Waals surface area contributed by atoms with E-state index in [1.54, 1.807) is 17.8 Å². The predicted molar refractivity (Wildman–Crippen MR) is 78.8 cm³/mol. The quantitative estimate of drug-likeness (QED) is 0.821. The molecule has 0 bridgehead atoms. The molecule has 98 valence electrons. The van der Waals surface area contributed by atoms with Crippen LogP contribution < -0.4 is 11.1 Å². The Morgan fingerprint density at radius 1 is 1.33 bits per heavy atom. The maximum Gasteiger partial charge on any atom is 0.234 e. The Balaban J connectivity index is 1.74. The van der Waals surface area contributed by atoms with Gasteiger partial charge in [0.2, 0.25) is 5.91 Å². The fourth-order valence-electron chi connectivity index (χ4n) is 2.24. The van der Waals surface area contributed by atoms with Crippen molar-refractivity contribution in [2.45, 2.75) is 37.4 Å². The molecule has 0 spiro atoms. The number of nitrogens with two attached hydrogens (primary N) is 1. The third kappa shape index (κ3) is 4.26. The number of nitrogen functional groups attached to an aromatic ring is 1. The smallest absolute Gasteiger partial charge is 0.234 e. The van der Waals surface area contributed by atoms with Gasteiger partial charge in [0, 0.05) is 16.6 Å². The average molecular weight is 264 g/mol. The number of benzene rings is 1. The summed E-state index contributed by atoms with van der Waals surface area (Å²) < 4.78 is 0. The summed E-state index contributed by atoms with van der Waals surface area (Å²) in [7, 11) is 0. The zero-order valence-electron chi connectivity index (χ0n) is 10.5. The molecule has 0 aromatic heterocycles. The number of anilines is 2. The van der Waals surface area contributed by atoms with E-state index in [-0.39, 0.29) is 5.91 Å². The van der Waals surface area contributed by atoms with Crippen molar-refractivity contribution >= 4 is 29.0 Å². The van der Waals surface area contributed by atoms with Crippen molar-refractivity contribution in [1.82, 2.24) is 0 Å². The van der Waals surface area contributed by atoms with E-state index in [0.717, 1.165) is 5.69 Å². The number of rotatable bonds is 4. The van der Waals surface area contributed by atoms with Gasteiger partial charge in [0.25, 0.3) is 0 Å². The lowest BCUT2D eigenvalue weighted by Gasteiger charge is -2.20. The molecule has 18 heavy (non-hydrogen) atoms. The van der Waals surface area contributed by atoms with Gasteiger partial charge in [-0.1, -0.05) is 25.3 Å². The standard InChI is InChI=1S/C14H20N2OS/c15-11-5-4-6-12(9-11)16-14(17)10-18-13-7-2-1-3-8-13/h4-6,9,13H,1-3,7-8,10,15H2,(H,16,17). The molecule has 0 unspecified atom stereocenters. The van der Waals surface area contributed by atoms with Gasteiger partial charge in [-0.3, -0.25) is 4.79 Å². The molecule has 1 aliphatic carbocycles. The maximum atomic E-state index is 11.8. The summed E-state index contributed by atoms with van der Waals surface area (Å²) in [5.41, 5.74) is 7.12. The number of carbonyl (C=O) groups excluding carboxylic acids is 1. The summed E-state index contributed by atoms with van der Waals surface area (Å²) in [5, 5.41) is 3.55. The minimum Gasteiger partial charge on any atom is -0.399 e. The summed E-state index contributed by atoms with van der Waals surface area (Å²) >= 11 is 1.79. The van der Waals surface area contributed by atoms with Crippen molar-refractivity contribution in [1.29, 1.82) is 0 Å². The van der Waals surface area contributed by atoms with Crippen molar-refractivity contribution < 1.29 is 4.79 Å². The minimum atomic E-state index is 0.0659. The molecule has 0 aliphatic heterocycles. The number of nitrogens with one attached hydrogen (secondary N) is 1. The molecular formula is C14H20N2OS. The molecule has 0 atom stereocenters. The molecule has 4 heteroatoms. The molecule has 1 amide bonds. The van der Waals surface area contributed by atoms with Crippen LogP contribution in [0, 0.1) is 0 Å². The van der Waals surface area contributed by atoms with Gasteiger partial charge >= 0.3 is 0 Å². The SMILES string of the molecule is Nc1cccc(NC(=O)CSC2CCCCC2)c1. The number of thioether (sulfide) groups is 1. The molecule has 0 heterocycles. The zero-order valence-corrected chi connectivity index (χ0v) is 11.3. The molecule has 1 aromatic carbocycles. The monoisotopic (exact) mass is 264 g/mol. The summed E-state index contributed by atoms with van der Waals surface area (Å²) in [6.07, 6.45) is 6.50. The van der Waals surface area contributed by atoms with Crippen LogP contribution in [0.1, 0.15) is 32.1 Å². The fourth-order valence-corrected chi connectivity index (χ4v) is 3.36. The highest BCUT2D eigenvalue weighted by atomic mass is 32.2.